The number of carboxylic acid groups (broad SMARTS) is 1. The van der Waals surface area contributed by atoms with Gasteiger partial charge in [0.05, 0.1) is 18.7 Å². The minimum absolute atomic E-state index is 0. The van der Waals surface area contributed by atoms with E-state index in [1.807, 2.05) is 65.8 Å². The van der Waals surface area contributed by atoms with Crippen molar-refractivity contribution in [3.63, 3.8) is 0 Å². The van der Waals surface area contributed by atoms with Crippen molar-refractivity contribution in [2.75, 3.05) is 6.67 Å². The number of hydrogen-bond acceptors (Lipinski definition) is 7. The number of aromatic carboxylic acids is 1. The maximum atomic E-state index is 12.0. The highest BCUT2D eigenvalue weighted by atomic mass is 16.4. The second-order valence-electron chi connectivity index (χ2n) is 8.89. The average molecular weight is 667 g/mol. The Kier molecular flexibility index (Phi) is 27.7. The molecule has 0 bridgehead atoms. The highest BCUT2D eigenvalue weighted by Gasteiger charge is 2.11. The number of carbonyl (C=O) groups excluding carboxylic acids is 5. The summed E-state index contributed by atoms with van der Waals surface area (Å²) in [4.78, 5) is 67.9. The molecule has 11 heteroatoms. The number of benzene rings is 3. The van der Waals surface area contributed by atoms with Gasteiger partial charge in [-0.3, -0.25) is 24.0 Å². The summed E-state index contributed by atoms with van der Waals surface area (Å²) >= 11 is 0. The van der Waals surface area contributed by atoms with Crippen molar-refractivity contribution in [2.24, 2.45) is 5.73 Å². The van der Waals surface area contributed by atoms with Gasteiger partial charge in [-0.05, 0) is 55.3 Å². The van der Waals surface area contributed by atoms with E-state index in [0.717, 1.165) is 11.1 Å². The van der Waals surface area contributed by atoms with Crippen LogP contribution in [0.15, 0.2) is 72.8 Å². The molecule has 3 rings (SSSR count). The Morgan fingerprint density at radius 3 is 1.60 bits per heavy atom. The molecule has 264 valence electrons. The molecule has 0 radical (unpaired) electrons. The molecule has 0 aliphatic rings. The van der Waals surface area contributed by atoms with Crippen molar-refractivity contribution >= 4 is 35.3 Å². The van der Waals surface area contributed by atoms with Crippen molar-refractivity contribution in [3.8, 4) is 0 Å². The number of amides is 3. The molecule has 0 aromatic heterocycles. The molecule has 0 saturated heterocycles. The second-order valence-corrected chi connectivity index (χ2v) is 8.89. The van der Waals surface area contributed by atoms with Crippen LogP contribution in [0.1, 0.15) is 122 Å². The lowest BCUT2D eigenvalue weighted by molar-refractivity contribution is -0.127. The van der Waals surface area contributed by atoms with Gasteiger partial charge in [0.15, 0.2) is 5.78 Å². The number of nitrogens with one attached hydrogen (secondary N) is 3. The van der Waals surface area contributed by atoms with Gasteiger partial charge in [0.2, 0.25) is 5.91 Å². The number of carboxylic acids is 1. The summed E-state index contributed by atoms with van der Waals surface area (Å²) in [6.07, 6.45) is -0.0589. The third-order valence-corrected chi connectivity index (χ3v) is 5.55. The number of ketones is 2. The van der Waals surface area contributed by atoms with E-state index >= 15 is 0 Å². The van der Waals surface area contributed by atoms with E-state index in [0.29, 0.717) is 24.2 Å². The van der Waals surface area contributed by atoms with E-state index in [1.165, 1.54) is 50.2 Å². The molecule has 0 heterocycles. The fourth-order valence-electron chi connectivity index (χ4n) is 3.41. The third-order valence-electron chi connectivity index (χ3n) is 5.55. The normalized spacial score (nSPS) is 8.85. The molecule has 0 unspecified atom stereocenters. The van der Waals surface area contributed by atoms with Gasteiger partial charge in [-0.25, -0.2) is 4.79 Å². The minimum Gasteiger partial charge on any atom is -0.478 e. The summed E-state index contributed by atoms with van der Waals surface area (Å²) in [5.74, 6) is -2.51. The van der Waals surface area contributed by atoms with Gasteiger partial charge in [-0.15, -0.1) is 0 Å². The Labute approximate surface area is 285 Å². The molecule has 0 fully saturated rings. The molecule has 11 nitrogen and oxygen atoms in total. The van der Waals surface area contributed by atoms with E-state index in [1.54, 1.807) is 12.1 Å². The van der Waals surface area contributed by atoms with Gasteiger partial charge in [-0.2, -0.15) is 0 Å². The number of nitrogens with two attached hydrogens (primary N) is 1. The van der Waals surface area contributed by atoms with Gasteiger partial charge in [0.25, 0.3) is 11.8 Å². The molecular formula is C37H54N4O7. The van der Waals surface area contributed by atoms with Crippen LogP contribution in [0.2, 0.25) is 0 Å². The van der Waals surface area contributed by atoms with E-state index < -0.39 is 17.8 Å². The van der Waals surface area contributed by atoms with Gasteiger partial charge >= 0.3 is 5.97 Å². The number of rotatable bonds is 11. The SMILES string of the molecule is C.CC.CC.CC.CC(=O)CC(=O)NCc1cccc(CN)c1.CC(=O)c1ccc(C(=O)NCNC(=O)c2cccc(C(=O)O)c2)cc1. The Hall–Kier alpha value is -5.16. The molecule has 48 heavy (non-hydrogen) atoms. The smallest absolute Gasteiger partial charge is 0.335 e. The number of carbonyl (C=O) groups is 6. The van der Waals surface area contributed by atoms with Gasteiger partial charge in [-0.1, -0.05) is 91.4 Å². The van der Waals surface area contributed by atoms with E-state index in [9.17, 15) is 28.8 Å². The molecule has 0 aliphatic heterocycles. The average Bonchev–Trinajstić information content (AvgIpc) is 3.10. The van der Waals surface area contributed by atoms with Crippen LogP contribution in [0.5, 0.6) is 0 Å². The first-order valence-corrected chi connectivity index (χ1v) is 15.5. The predicted octanol–water partition coefficient (Wildman–Crippen LogP) is 6.16. The maximum Gasteiger partial charge on any atom is 0.335 e. The molecular weight excluding hydrogens is 612 g/mol. The molecule has 6 N–H and O–H groups in total. The second kappa shape index (κ2) is 28.1. The van der Waals surface area contributed by atoms with Crippen LogP contribution >= 0.6 is 0 Å². The zero-order valence-corrected chi connectivity index (χ0v) is 28.7. The van der Waals surface area contributed by atoms with Crippen LogP contribution in [-0.4, -0.2) is 47.0 Å². The summed E-state index contributed by atoms with van der Waals surface area (Å²) < 4.78 is 0. The lowest BCUT2D eigenvalue weighted by Crippen LogP contribution is -2.37. The summed E-state index contributed by atoms with van der Waals surface area (Å²) in [6.45, 7) is 15.6. The van der Waals surface area contributed by atoms with Gasteiger partial charge < -0.3 is 26.8 Å². The van der Waals surface area contributed by atoms with Gasteiger partial charge in [0, 0.05) is 29.8 Å². The van der Waals surface area contributed by atoms with Crippen LogP contribution in [0, 0.1) is 0 Å². The Morgan fingerprint density at radius 2 is 1.10 bits per heavy atom. The topological polar surface area (TPSA) is 185 Å². The molecule has 0 saturated carbocycles. The largest absolute Gasteiger partial charge is 0.478 e. The van der Waals surface area contributed by atoms with Crippen molar-refractivity contribution < 1.29 is 33.9 Å². The first-order chi connectivity index (χ1) is 22.5. The standard InChI is InChI=1S/C18H16N2O5.C12H16N2O2.3C2H6.CH4/c1-11(21)12-5-7-13(8-6-12)16(22)19-10-20-17(23)14-3-2-4-15(9-14)18(24)25;1-9(15)5-12(16)14-8-11-4-2-3-10(6-11)7-13;3*1-2;/h2-9H,10H2,1H3,(H,19,22)(H,20,23)(H,24,25);2-4,6H,5,7-8,13H2,1H3,(H,14,16);3*1-2H3;1H4. The van der Waals surface area contributed by atoms with Gasteiger partial charge in [0.1, 0.15) is 5.78 Å². The van der Waals surface area contributed by atoms with Crippen molar-refractivity contribution in [1.82, 2.24) is 16.0 Å². The quantitative estimate of drug-likeness (QED) is 0.0915. The first-order valence-electron chi connectivity index (χ1n) is 15.5. The fourth-order valence-corrected chi connectivity index (χ4v) is 3.41. The highest BCUT2D eigenvalue weighted by Crippen LogP contribution is 2.07. The maximum absolute atomic E-state index is 12.0. The van der Waals surface area contributed by atoms with Crippen LogP contribution < -0.4 is 21.7 Å². The van der Waals surface area contributed by atoms with Crippen molar-refractivity contribution in [1.29, 1.82) is 0 Å². The van der Waals surface area contributed by atoms with Crippen LogP contribution in [-0.2, 0) is 22.7 Å². The summed E-state index contributed by atoms with van der Waals surface area (Å²) in [6, 6.07) is 19.4. The van der Waals surface area contributed by atoms with Crippen LogP contribution in [0.25, 0.3) is 0 Å². The molecule has 0 spiro atoms. The summed E-state index contributed by atoms with van der Waals surface area (Å²) in [7, 11) is 0. The molecule has 0 aliphatic carbocycles. The molecule has 3 aromatic rings. The van der Waals surface area contributed by atoms with E-state index in [4.69, 9.17) is 10.8 Å². The Morgan fingerprint density at radius 1 is 0.625 bits per heavy atom. The fraction of sp³-hybridized carbons (Fsp3) is 0.351. The Balaban J connectivity index is -0.000000763. The zero-order chi connectivity index (χ0) is 36.4. The molecule has 0 atom stereocenters. The van der Waals surface area contributed by atoms with Crippen LogP contribution in [0.4, 0.5) is 0 Å². The lowest BCUT2D eigenvalue weighted by Gasteiger charge is -2.08. The predicted molar refractivity (Wildman–Crippen MR) is 192 cm³/mol. The zero-order valence-electron chi connectivity index (χ0n) is 28.7. The van der Waals surface area contributed by atoms with E-state index in [-0.39, 0.29) is 49.1 Å². The van der Waals surface area contributed by atoms with E-state index in [2.05, 4.69) is 16.0 Å². The minimum atomic E-state index is -1.13. The molecule has 3 aromatic carbocycles. The first kappa shape index (κ1) is 47.2. The van der Waals surface area contributed by atoms with Crippen LogP contribution in [0.3, 0.4) is 0 Å². The Bertz CT molecular complexity index is 1420. The monoisotopic (exact) mass is 666 g/mol. The number of Topliss-reactive ketones (excluding diaryl/α,β-unsaturated/α-hetero) is 2. The lowest BCUT2D eigenvalue weighted by atomic mass is 10.1. The highest BCUT2D eigenvalue weighted by molar-refractivity contribution is 5.99. The third kappa shape index (κ3) is 19.4. The summed E-state index contributed by atoms with van der Waals surface area (Å²) in [5.41, 5.74) is 8.56. The van der Waals surface area contributed by atoms with Crippen molar-refractivity contribution in [3.05, 3.63) is 106 Å². The molecule has 3 amide bonds. The van der Waals surface area contributed by atoms with Crippen molar-refractivity contribution in [2.45, 2.75) is 82.3 Å². The number of hydrogen-bond donors (Lipinski definition) is 5. The summed E-state index contributed by atoms with van der Waals surface area (Å²) in [5, 5.41) is 16.6.